The smallest absolute Gasteiger partial charge is 0.233 e. The topological polar surface area (TPSA) is 49.3 Å². The van der Waals surface area contributed by atoms with E-state index in [2.05, 4.69) is 5.32 Å². The van der Waals surface area contributed by atoms with Crippen molar-refractivity contribution >= 4 is 17.7 Å². The van der Waals surface area contributed by atoms with Gasteiger partial charge in [0.05, 0.1) is 5.25 Å². The highest BCUT2D eigenvalue weighted by Gasteiger charge is 2.28. The van der Waals surface area contributed by atoms with E-state index < -0.39 is 0 Å². The lowest BCUT2D eigenvalue weighted by Gasteiger charge is -2.23. The summed E-state index contributed by atoms with van der Waals surface area (Å²) in [6.45, 7) is 1.04. The fraction of sp³-hybridized carbons (Fsp3) is 0.923. The number of thioether (sulfide) groups is 1. The Balaban J connectivity index is 1.71. The Labute approximate surface area is 108 Å². The molecule has 1 saturated heterocycles. The van der Waals surface area contributed by atoms with Crippen LogP contribution in [0.15, 0.2) is 0 Å². The predicted molar refractivity (Wildman–Crippen MR) is 71.0 cm³/mol. The molecule has 1 heterocycles. The van der Waals surface area contributed by atoms with E-state index in [0.29, 0.717) is 11.8 Å². The van der Waals surface area contributed by atoms with Crippen molar-refractivity contribution in [2.75, 3.05) is 18.9 Å². The molecular weight excluding hydrogens is 234 g/mol. The Morgan fingerprint density at radius 1 is 1.18 bits per heavy atom. The lowest BCUT2D eigenvalue weighted by Crippen LogP contribution is -2.38. The van der Waals surface area contributed by atoms with E-state index in [1.165, 1.54) is 19.3 Å². The van der Waals surface area contributed by atoms with Crippen LogP contribution in [-0.4, -0.2) is 35.2 Å². The number of hydrogen-bond acceptors (Lipinski definition) is 3. The SMILES string of the molecule is O=C(NCC1CCCC1CO)C1CCCCS1. The molecule has 0 radical (unpaired) electrons. The van der Waals surface area contributed by atoms with Crippen LogP contribution >= 0.6 is 11.8 Å². The lowest BCUT2D eigenvalue weighted by molar-refractivity contribution is -0.121. The molecule has 3 nitrogen and oxygen atoms in total. The van der Waals surface area contributed by atoms with Gasteiger partial charge in [0.15, 0.2) is 0 Å². The van der Waals surface area contributed by atoms with Crippen LogP contribution in [0.4, 0.5) is 0 Å². The van der Waals surface area contributed by atoms with Gasteiger partial charge in [0.25, 0.3) is 0 Å². The zero-order valence-electron chi connectivity index (χ0n) is 10.4. The van der Waals surface area contributed by atoms with Gasteiger partial charge in [0.2, 0.25) is 5.91 Å². The fourth-order valence-corrected chi connectivity index (χ4v) is 4.14. The molecule has 0 spiro atoms. The second-order valence-electron chi connectivity index (χ2n) is 5.23. The molecule has 4 heteroatoms. The van der Waals surface area contributed by atoms with E-state index in [1.807, 2.05) is 0 Å². The first-order valence-corrected chi connectivity index (χ1v) is 7.86. The molecule has 0 bridgehead atoms. The second-order valence-corrected chi connectivity index (χ2v) is 6.54. The minimum Gasteiger partial charge on any atom is -0.396 e. The number of nitrogens with one attached hydrogen (secondary N) is 1. The number of hydrogen-bond donors (Lipinski definition) is 2. The molecule has 0 aromatic carbocycles. The van der Waals surface area contributed by atoms with Crippen LogP contribution in [0.1, 0.15) is 38.5 Å². The summed E-state index contributed by atoms with van der Waals surface area (Å²) < 4.78 is 0. The van der Waals surface area contributed by atoms with Crippen LogP contribution in [0, 0.1) is 11.8 Å². The molecule has 1 saturated carbocycles. The van der Waals surface area contributed by atoms with Gasteiger partial charge in [-0.2, -0.15) is 0 Å². The summed E-state index contributed by atoms with van der Waals surface area (Å²) in [5, 5.41) is 12.5. The third kappa shape index (κ3) is 3.62. The van der Waals surface area contributed by atoms with Crippen molar-refractivity contribution in [2.45, 2.75) is 43.8 Å². The van der Waals surface area contributed by atoms with Crippen molar-refractivity contribution in [2.24, 2.45) is 11.8 Å². The van der Waals surface area contributed by atoms with Crippen LogP contribution in [0.25, 0.3) is 0 Å². The van der Waals surface area contributed by atoms with Crippen molar-refractivity contribution in [3.63, 3.8) is 0 Å². The Bertz CT molecular complexity index is 254. The first kappa shape index (κ1) is 13.2. The number of aliphatic hydroxyl groups is 1. The highest BCUT2D eigenvalue weighted by molar-refractivity contribution is 8.00. The molecule has 2 N–H and O–H groups in total. The van der Waals surface area contributed by atoms with Crippen LogP contribution < -0.4 is 5.32 Å². The molecule has 2 fully saturated rings. The molecule has 98 valence electrons. The molecular formula is C13H23NO2S. The fourth-order valence-electron chi connectivity index (χ4n) is 2.92. The van der Waals surface area contributed by atoms with Crippen LogP contribution in [-0.2, 0) is 4.79 Å². The molecule has 1 aliphatic heterocycles. The van der Waals surface area contributed by atoms with Gasteiger partial charge < -0.3 is 10.4 Å². The summed E-state index contributed by atoms with van der Waals surface area (Å²) in [5.74, 6) is 2.26. The monoisotopic (exact) mass is 257 g/mol. The van der Waals surface area contributed by atoms with Crippen molar-refractivity contribution < 1.29 is 9.90 Å². The third-order valence-electron chi connectivity index (χ3n) is 4.06. The van der Waals surface area contributed by atoms with Gasteiger partial charge in [-0.3, -0.25) is 4.79 Å². The largest absolute Gasteiger partial charge is 0.396 e. The van der Waals surface area contributed by atoms with Crippen LogP contribution in [0.3, 0.4) is 0 Å². The third-order valence-corrected chi connectivity index (χ3v) is 5.44. The summed E-state index contributed by atoms with van der Waals surface area (Å²) in [4.78, 5) is 12.0. The van der Waals surface area contributed by atoms with Gasteiger partial charge in [-0.05, 0) is 43.3 Å². The molecule has 0 aromatic rings. The molecule has 0 aromatic heterocycles. The zero-order chi connectivity index (χ0) is 12.1. The molecule has 3 atom stereocenters. The Morgan fingerprint density at radius 2 is 2.00 bits per heavy atom. The molecule has 2 rings (SSSR count). The summed E-state index contributed by atoms with van der Waals surface area (Å²) in [6.07, 6.45) is 6.95. The standard InChI is InChI=1S/C13H23NO2S/c15-9-11-5-3-4-10(11)8-14-13(16)12-6-1-2-7-17-12/h10-12,15H,1-9H2,(H,14,16). The maximum absolute atomic E-state index is 12.0. The van der Waals surface area contributed by atoms with Crippen molar-refractivity contribution in [3.8, 4) is 0 Å². The van der Waals surface area contributed by atoms with E-state index in [0.717, 1.165) is 31.6 Å². The number of aliphatic hydroxyl groups excluding tert-OH is 1. The molecule has 1 amide bonds. The molecule has 2 aliphatic rings. The summed E-state index contributed by atoms with van der Waals surface area (Å²) in [5.41, 5.74) is 0. The first-order valence-electron chi connectivity index (χ1n) is 6.81. The van der Waals surface area contributed by atoms with Crippen LogP contribution in [0.2, 0.25) is 0 Å². The predicted octanol–water partition coefficient (Wildman–Crippen LogP) is 1.80. The number of carbonyl (C=O) groups is 1. The lowest BCUT2D eigenvalue weighted by atomic mass is 9.97. The maximum atomic E-state index is 12.0. The Hall–Kier alpha value is -0.220. The minimum atomic E-state index is 0.178. The number of carbonyl (C=O) groups excluding carboxylic acids is 1. The van der Waals surface area contributed by atoms with Crippen LogP contribution in [0.5, 0.6) is 0 Å². The minimum absolute atomic E-state index is 0.178. The molecule has 17 heavy (non-hydrogen) atoms. The van der Waals surface area contributed by atoms with Crippen molar-refractivity contribution in [3.05, 3.63) is 0 Å². The highest BCUT2D eigenvalue weighted by atomic mass is 32.2. The van der Waals surface area contributed by atoms with Gasteiger partial charge in [-0.1, -0.05) is 12.8 Å². The summed E-state index contributed by atoms with van der Waals surface area (Å²) in [7, 11) is 0. The maximum Gasteiger partial charge on any atom is 0.233 e. The van der Waals surface area contributed by atoms with Crippen molar-refractivity contribution in [1.82, 2.24) is 5.32 Å². The average molecular weight is 257 g/mol. The summed E-state index contributed by atoms with van der Waals surface area (Å²) >= 11 is 1.80. The van der Waals surface area contributed by atoms with Gasteiger partial charge >= 0.3 is 0 Å². The zero-order valence-corrected chi connectivity index (χ0v) is 11.2. The van der Waals surface area contributed by atoms with E-state index in [1.54, 1.807) is 11.8 Å². The second kappa shape index (κ2) is 6.64. The Morgan fingerprint density at radius 3 is 2.71 bits per heavy atom. The number of amides is 1. The van der Waals surface area contributed by atoms with E-state index in [4.69, 9.17) is 0 Å². The van der Waals surface area contributed by atoms with Gasteiger partial charge in [-0.15, -0.1) is 11.8 Å². The normalized spacial score (nSPS) is 33.6. The van der Waals surface area contributed by atoms with Gasteiger partial charge in [-0.25, -0.2) is 0 Å². The van der Waals surface area contributed by atoms with Gasteiger partial charge in [0.1, 0.15) is 0 Å². The average Bonchev–Trinajstić information content (AvgIpc) is 2.84. The quantitative estimate of drug-likeness (QED) is 0.807. The van der Waals surface area contributed by atoms with Crippen molar-refractivity contribution in [1.29, 1.82) is 0 Å². The van der Waals surface area contributed by atoms with E-state index >= 15 is 0 Å². The van der Waals surface area contributed by atoms with Gasteiger partial charge in [0, 0.05) is 13.2 Å². The van der Waals surface area contributed by atoms with E-state index in [9.17, 15) is 9.90 Å². The van der Waals surface area contributed by atoms with E-state index in [-0.39, 0.29) is 17.8 Å². The molecule has 3 unspecified atom stereocenters. The first-order chi connectivity index (χ1) is 8.31. The Kier molecular flexibility index (Phi) is 5.16. The highest BCUT2D eigenvalue weighted by Crippen LogP contribution is 2.31. The number of rotatable bonds is 4. The summed E-state index contributed by atoms with van der Waals surface area (Å²) in [6, 6.07) is 0. The molecule has 1 aliphatic carbocycles.